The number of hydrogen-bond donors (Lipinski definition) is 2. The second-order valence-corrected chi connectivity index (χ2v) is 5.69. The Morgan fingerprint density at radius 1 is 1.45 bits per heavy atom. The highest BCUT2D eigenvalue weighted by molar-refractivity contribution is 5.83. The largest absolute Gasteiger partial charge is 0.371 e. The number of carbonyl (C=O) groups excluding carboxylic acids is 1. The smallest absolute Gasteiger partial charge is 0.240 e. The third kappa shape index (κ3) is 3.38. The average Bonchev–Trinajstić information content (AvgIpc) is 2.36. The van der Waals surface area contributed by atoms with E-state index in [1.54, 1.807) is 18.2 Å². The molecule has 3 atom stereocenters. The fraction of sp³-hybridized carbons (Fsp3) is 0.438. The molecule has 0 heterocycles. The summed E-state index contributed by atoms with van der Waals surface area (Å²) >= 11 is 0. The Balaban J connectivity index is 2.18. The molecule has 0 fully saturated rings. The van der Waals surface area contributed by atoms with E-state index in [9.17, 15) is 9.18 Å². The van der Waals surface area contributed by atoms with Gasteiger partial charge in [-0.3, -0.25) is 4.79 Å². The summed E-state index contributed by atoms with van der Waals surface area (Å²) in [7, 11) is 0. The number of halogens is 1. The monoisotopic (exact) mass is 276 g/mol. The van der Waals surface area contributed by atoms with Gasteiger partial charge in [0.05, 0.1) is 5.69 Å². The van der Waals surface area contributed by atoms with Crippen LogP contribution in [0.4, 0.5) is 10.1 Å². The lowest BCUT2D eigenvalue weighted by Crippen LogP contribution is -2.43. The van der Waals surface area contributed by atoms with Gasteiger partial charge in [0, 0.05) is 0 Å². The molecule has 3 nitrogen and oxygen atoms in total. The van der Waals surface area contributed by atoms with Gasteiger partial charge in [-0.25, -0.2) is 4.39 Å². The van der Waals surface area contributed by atoms with E-state index in [0.29, 0.717) is 11.6 Å². The number of nitrogens with one attached hydrogen (secondary N) is 1. The fourth-order valence-electron chi connectivity index (χ4n) is 3.02. The van der Waals surface area contributed by atoms with Crippen LogP contribution in [0.15, 0.2) is 35.9 Å². The molecule has 2 rings (SSSR count). The van der Waals surface area contributed by atoms with Crippen molar-refractivity contribution in [2.75, 3.05) is 5.32 Å². The van der Waals surface area contributed by atoms with E-state index in [4.69, 9.17) is 5.73 Å². The maximum Gasteiger partial charge on any atom is 0.240 e. The second-order valence-electron chi connectivity index (χ2n) is 5.69. The van der Waals surface area contributed by atoms with Gasteiger partial charge in [0.15, 0.2) is 0 Å². The van der Waals surface area contributed by atoms with E-state index in [2.05, 4.69) is 25.2 Å². The Kier molecular flexibility index (Phi) is 4.42. The van der Waals surface area contributed by atoms with Gasteiger partial charge in [0.1, 0.15) is 11.9 Å². The van der Waals surface area contributed by atoms with E-state index in [1.807, 2.05) is 0 Å². The van der Waals surface area contributed by atoms with Gasteiger partial charge >= 0.3 is 0 Å². The van der Waals surface area contributed by atoms with Crippen molar-refractivity contribution < 1.29 is 9.18 Å². The van der Waals surface area contributed by atoms with E-state index >= 15 is 0 Å². The fourth-order valence-corrected chi connectivity index (χ4v) is 3.02. The van der Waals surface area contributed by atoms with E-state index in [-0.39, 0.29) is 11.7 Å². The van der Waals surface area contributed by atoms with Gasteiger partial charge in [-0.15, -0.1) is 0 Å². The van der Waals surface area contributed by atoms with Crippen LogP contribution in [0.25, 0.3) is 0 Å². The summed E-state index contributed by atoms with van der Waals surface area (Å²) in [5.74, 6) is -0.278. The molecule has 1 aliphatic rings. The number of hydrogen-bond acceptors (Lipinski definition) is 2. The summed E-state index contributed by atoms with van der Waals surface area (Å²) in [5, 5.41) is 2.98. The molecule has 3 N–H and O–H groups in total. The lowest BCUT2D eigenvalue weighted by molar-refractivity contribution is -0.119. The van der Waals surface area contributed by atoms with Crippen LogP contribution in [0.1, 0.15) is 26.7 Å². The zero-order valence-electron chi connectivity index (χ0n) is 11.9. The van der Waals surface area contributed by atoms with E-state index < -0.39 is 11.9 Å². The quantitative estimate of drug-likeness (QED) is 0.830. The Morgan fingerprint density at radius 2 is 2.15 bits per heavy atom. The average molecular weight is 276 g/mol. The number of rotatable bonds is 4. The maximum absolute atomic E-state index is 13.7. The van der Waals surface area contributed by atoms with Gasteiger partial charge in [0.25, 0.3) is 0 Å². The molecule has 0 aromatic heterocycles. The van der Waals surface area contributed by atoms with Crippen LogP contribution in [0.5, 0.6) is 0 Å². The Bertz CT molecular complexity index is 527. The first-order valence-corrected chi connectivity index (χ1v) is 6.95. The lowest BCUT2D eigenvalue weighted by Gasteiger charge is -2.31. The van der Waals surface area contributed by atoms with Gasteiger partial charge < -0.3 is 11.1 Å². The molecule has 1 amide bonds. The van der Waals surface area contributed by atoms with Crippen LogP contribution >= 0.6 is 0 Å². The highest BCUT2D eigenvalue weighted by atomic mass is 19.1. The minimum Gasteiger partial charge on any atom is -0.371 e. The summed E-state index contributed by atoms with van der Waals surface area (Å²) in [5.41, 5.74) is 7.10. The van der Waals surface area contributed by atoms with Crippen LogP contribution in [0.2, 0.25) is 0 Å². The molecule has 1 aromatic carbocycles. The summed E-state index contributed by atoms with van der Waals surface area (Å²) in [6.45, 7) is 4.18. The Hall–Kier alpha value is -1.84. The standard InChI is InChI=1S/C16H21FN2O/c1-10-7-11(2)9-12(8-10)15(16(18)20)19-14-6-4-3-5-13(14)17/h3-7,10,12,15,19H,8-9H2,1-2H3,(H2,18,20). The molecule has 0 spiro atoms. The zero-order chi connectivity index (χ0) is 14.7. The predicted octanol–water partition coefficient (Wildman–Crippen LogP) is 3.08. The number of carbonyl (C=O) groups is 1. The van der Waals surface area contributed by atoms with Crippen molar-refractivity contribution in [3.63, 3.8) is 0 Å². The van der Waals surface area contributed by atoms with Gasteiger partial charge in [-0.05, 0) is 43.7 Å². The van der Waals surface area contributed by atoms with Crippen LogP contribution < -0.4 is 11.1 Å². The van der Waals surface area contributed by atoms with Crippen molar-refractivity contribution in [1.82, 2.24) is 0 Å². The molecule has 108 valence electrons. The zero-order valence-corrected chi connectivity index (χ0v) is 11.9. The molecular formula is C16H21FN2O. The van der Waals surface area contributed by atoms with Gasteiger partial charge in [-0.1, -0.05) is 30.7 Å². The molecule has 0 saturated heterocycles. The SMILES string of the molecule is CC1=CC(C)CC(C(Nc2ccccc2F)C(N)=O)C1. The molecular weight excluding hydrogens is 255 g/mol. The number of amides is 1. The minimum absolute atomic E-state index is 0.104. The lowest BCUT2D eigenvalue weighted by atomic mass is 9.79. The number of para-hydroxylation sites is 1. The number of nitrogens with two attached hydrogens (primary N) is 1. The molecule has 20 heavy (non-hydrogen) atoms. The van der Waals surface area contributed by atoms with E-state index in [0.717, 1.165) is 12.8 Å². The number of anilines is 1. The molecule has 1 aromatic rings. The Morgan fingerprint density at radius 3 is 2.75 bits per heavy atom. The summed E-state index contributed by atoms with van der Waals surface area (Å²) in [6, 6.07) is 5.81. The van der Waals surface area contributed by atoms with Crippen LogP contribution in [-0.2, 0) is 4.79 Å². The van der Waals surface area contributed by atoms with Crippen LogP contribution in [-0.4, -0.2) is 11.9 Å². The first kappa shape index (κ1) is 14.6. The highest BCUT2D eigenvalue weighted by Crippen LogP contribution is 2.31. The van der Waals surface area contributed by atoms with Gasteiger partial charge in [-0.2, -0.15) is 0 Å². The van der Waals surface area contributed by atoms with Crippen molar-refractivity contribution in [2.45, 2.75) is 32.7 Å². The number of primary amides is 1. The normalized spacial score (nSPS) is 23.9. The van der Waals surface area contributed by atoms with Gasteiger partial charge in [0.2, 0.25) is 5.91 Å². The maximum atomic E-state index is 13.7. The van der Waals surface area contributed by atoms with Crippen molar-refractivity contribution in [3.8, 4) is 0 Å². The molecule has 0 saturated carbocycles. The first-order chi connectivity index (χ1) is 9.47. The van der Waals surface area contributed by atoms with Crippen molar-refractivity contribution in [1.29, 1.82) is 0 Å². The summed E-state index contributed by atoms with van der Waals surface area (Å²) in [4.78, 5) is 11.7. The minimum atomic E-state index is -0.544. The second kappa shape index (κ2) is 6.07. The van der Waals surface area contributed by atoms with Crippen LogP contribution in [0.3, 0.4) is 0 Å². The summed E-state index contributed by atoms with van der Waals surface area (Å²) < 4.78 is 13.7. The van der Waals surface area contributed by atoms with Crippen molar-refractivity contribution >= 4 is 11.6 Å². The first-order valence-electron chi connectivity index (χ1n) is 6.95. The molecule has 1 aliphatic carbocycles. The summed E-state index contributed by atoms with van der Waals surface area (Å²) in [6.07, 6.45) is 3.92. The molecule has 0 aliphatic heterocycles. The highest BCUT2D eigenvalue weighted by Gasteiger charge is 2.30. The molecule has 0 radical (unpaired) electrons. The topological polar surface area (TPSA) is 55.1 Å². The Labute approximate surface area is 119 Å². The van der Waals surface area contributed by atoms with Crippen LogP contribution in [0, 0.1) is 17.7 Å². The van der Waals surface area contributed by atoms with Crippen molar-refractivity contribution in [3.05, 3.63) is 41.7 Å². The predicted molar refractivity (Wildman–Crippen MR) is 78.7 cm³/mol. The molecule has 3 unspecified atom stereocenters. The molecule has 0 bridgehead atoms. The van der Waals surface area contributed by atoms with E-state index in [1.165, 1.54) is 11.6 Å². The van der Waals surface area contributed by atoms with Crippen molar-refractivity contribution in [2.24, 2.45) is 17.6 Å². The number of benzene rings is 1. The third-order valence-electron chi connectivity index (χ3n) is 3.79. The number of allylic oxidation sites excluding steroid dienone is 2. The molecule has 4 heteroatoms. The third-order valence-corrected chi connectivity index (χ3v) is 3.79.